The van der Waals surface area contributed by atoms with E-state index >= 15 is 0 Å². The van der Waals surface area contributed by atoms with Crippen molar-refractivity contribution in [2.45, 2.75) is 6.92 Å². The Morgan fingerprint density at radius 2 is 1.62 bits per heavy atom. The van der Waals surface area contributed by atoms with Gasteiger partial charge in [-0.15, -0.1) is 10.2 Å². The van der Waals surface area contributed by atoms with Crippen LogP contribution in [0.5, 0.6) is 0 Å². The summed E-state index contributed by atoms with van der Waals surface area (Å²) >= 11 is 6.73. The lowest BCUT2D eigenvalue weighted by molar-refractivity contribution is 0.781. The maximum atomic E-state index is 6.73. The Kier molecular flexibility index (Phi) is 3.54. The summed E-state index contributed by atoms with van der Waals surface area (Å²) in [6.07, 6.45) is 0. The predicted octanol–water partition coefficient (Wildman–Crippen LogP) is 4.66. The molecule has 0 radical (unpaired) electrons. The van der Waals surface area contributed by atoms with E-state index in [1.54, 1.807) is 4.68 Å². The van der Waals surface area contributed by atoms with E-state index in [4.69, 9.17) is 11.6 Å². The summed E-state index contributed by atoms with van der Waals surface area (Å²) in [5.41, 5.74) is 5.31. The Labute approximate surface area is 144 Å². The van der Waals surface area contributed by atoms with Gasteiger partial charge in [0.2, 0.25) is 0 Å². The zero-order valence-electron chi connectivity index (χ0n) is 13.4. The standard InChI is InChI=1S/C19H15ClN4/c1-12-7-6-10-14(11-12)17-15-16(20)18(13-8-4-3-5-9-13)21-22-19(15)24(2)23-17/h3-11H,1-2H3. The normalized spacial score (nSPS) is 11.1. The van der Waals surface area contributed by atoms with Crippen LogP contribution in [0.2, 0.25) is 5.02 Å². The molecule has 0 aliphatic heterocycles. The van der Waals surface area contributed by atoms with E-state index in [2.05, 4.69) is 34.4 Å². The van der Waals surface area contributed by atoms with E-state index in [9.17, 15) is 0 Å². The first kappa shape index (κ1) is 14.8. The minimum Gasteiger partial charge on any atom is -0.248 e. The van der Waals surface area contributed by atoms with Crippen molar-refractivity contribution in [1.82, 2.24) is 20.0 Å². The molecule has 0 spiro atoms. The molecule has 4 nitrogen and oxygen atoms in total. The summed E-state index contributed by atoms with van der Waals surface area (Å²) in [6, 6.07) is 18.1. The van der Waals surface area contributed by atoms with Gasteiger partial charge in [0.15, 0.2) is 5.65 Å². The number of rotatable bonds is 2. The Balaban J connectivity index is 2.02. The minimum absolute atomic E-state index is 0.579. The number of halogens is 1. The monoisotopic (exact) mass is 334 g/mol. The van der Waals surface area contributed by atoms with Crippen LogP contribution in [0.1, 0.15) is 5.56 Å². The fourth-order valence-corrected chi connectivity index (χ4v) is 3.19. The maximum Gasteiger partial charge on any atom is 0.182 e. The van der Waals surface area contributed by atoms with Crippen LogP contribution in [-0.4, -0.2) is 20.0 Å². The second kappa shape index (κ2) is 5.73. The van der Waals surface area contributed by atoms with E-state index in [-0.39, 0.29) is 0 Å². The molecule has 0 bridgehead atoms. The van der Waals surface area contributed by atoms with Gasteiger partial charge >= 0.3 is 0 Å². The summed E-state index contributed by atoms with van der Waals surface area (Å²) in [5, 5.41) is 14.7. The molecule has 24 heavy (non-hydrogen) atoms. The number of benzene rings is 2. The first-order valence-electron chi connectivity index (χ1n) is 7.66. The molecule has 2 heterocycles. The molecule has 5 heteroatoms. The van der Waals surface area contributed by atoms with Crippen molar-refractivity contribution in [1.29, 1.82) is 0 Å². The van der Waals surface area contributed by atoms with Crippen LogP contribution < -0.4 is 0 Å². The van der Waals surface area contributed by atoms with Gasteiger partial charge in [0.25, 0.3) is 0 Å². The lowest BCUT2D eigenvalue weighted by Crippen LogP contribution is -1.95. The number of nitrogens with zero attached hydrogens (tertiary/aromatic N) is 4. The molecule has 4 rings (SSSR count). The van der Waals surface area contributed by atoms with Gasteiger partial charge in [0, 0.05) is 18.2 Å². The van der Waals surface area contributed by atoms with Crippen LogP contribution in [0, 0.1) is 6.92 Å². The van der Waals surface area contributed by atoms with E-state index in [1.807, 2.05) is 49.5 Å². The number of fused-ring (bicyclic) bond motifs is 1. The maximum absolute atomic E-state index is 6.73. The van der Waals surface area contributed by atoms with Gasteiger partial charge in [-0.25, -0.2) is 4.68 Å². The fourth-order valence-electron chi connectivity index (χ4n) is 2.87. The summed E-state index contributed by atoms with van der Waals surface area (Å²) < 4.78 is 1.72. The van der Waals surface area contributed by atoms with Crippen molar-refractivity contribution in [2.75, 3.05) is 0 Å². The highest BCUT2D eigenvalue weighted by Gasteiger charge is 2.19. The van der Waals surface area contributed by atoms with E-state index in [1.165, 1.54) is 5.56 Å². The molecule has 0 aliphatic carbocycles. The van der Waals surface area contributed by atoms with Crippen molar-refractivity contribution < 1.29 is 0 Å². The summed E-state index contributed by atoms with van der Waals surface area (Å²) in [7, 11) is 1.86. The lowest BCUT2D eigenvalue weighted by atomic mass is 10.1. The highest BCUT2D eigenvalue weighted by atomic mass is 35.5. The molecular weight excluding hydrogens is 320 g/mol. The Bertz CT molecular complexity index is 1040. The molecular formula is C19H15ClN4. The second-order valence-corrected chi connectivity index (χ2v) is 6.15. The van der Waals surface area contributed by atoms with Crippen LogP contribution in [0.3, 0.4) is 0 Å². The first-order chi connectivity index (χ1) is 11.6. The second-order valence-electron chi connectivity index (χ2n) is 5.77. The number of hydrogen-bond donors (Lipinski definition) is 0. The molecule has 0 aliphatic rings. The van der Waals surface area contributed by atoms with Crippen molar-refractivity contribution in [3.63, 3.8) is 0 Å². The molecule has 0 fully saturated rings. The Morgan fingerprint density at radius 1 is 0.875 bits per heavy atom. The zero-order valence-corrected chi connectivity index (χ0v) is 14.1. The van der Waals surface area contributed by atoms with Crippen molar-refractivity contribution in [2.24, 2.45) is 7.05 Å². The van der Waals surface area contributed by atoms with E-state index in [0.29, 0.717) is 16.4 Å². The Morgan fingerprint density at radius 3 is 2.38 bits per heavy atom. The van der Waals surface area contributed by atoms with Gasteiger partial charge in [-0.1, -0.05) is 65.7 Å². The summed E-state index contributed by atoms with van der Waals surface area (Å²) in [4.78, 5) is 0. The number of aryl methyl sites for hydroxylation is 2. The summed E-state index contributed by atoms with van der Waals surface area (Å²) in [6.45, 7) is 2.06. The molecule has 0 N–H and O–H groups in total. The molecule has 2 aromatic heterocycles. The number of aromatic nitrogens is 4. The minimum atomic E-state index is 0.579. The topological polar surface area (TPSA) is 43.6 Å². The van der Waals surface area contributed by atoms with Crippen LogP contribution in [0.25, 0.3) is 33.5 Å². The number of hydrogen-bond acceptors (Lipinski definition) is 3. The highest BCUT2D eigenvalue weighted by molar-refractivity contribution is 6.38. The van der Waals surface area contributed by atoms with Gasteiger partial charge in [-0.3, -0.25) is 0 Å². The van der Waals surface area contributed by atoms with E-state index in [0.717, 1.165) is 22.2 Å². The molecule has 4 aromatic rings. The van der Waals surface area contributed by atoms with Gasteiger partial charge in [0.05, 0.1) is 10.4 Å². The van der Waals surface area contributed by atoms with Crippen LogP contribution in [-0.2, 0) is 7.05 Å². The molecule has 0 amide bonds. The van der Waals surface area contributed by atoms with Crippen LogP contribution in [0.15, 0.2) is 54.6 Å². The molecule has 0 unspecified atom stereocenters. The van der Waals surface area contributed by atoms with Gasteiger partial charge in [0.1, 0.15) is 11.4 Å². The van der Waals surface area contributed by atoms with Crippen LogP contribution >= 0.6 is 11.6 Å². The molecule has 2 aromatic carbocycles. The van der Waals surface area contributed by atoms with Crippen LogP contribution in [0.4, 0.5) is 0 Å². The largest absolute Gasteiger partial charge is 0.248 e. The van der Waals surface area contributed by atoms with Gasteiger partial charge in [-0.2, -0.15) is 5.10 Å². The molecule has 0 saturated carbocycles. The summed E-state index contributed by atoms with van der Waals surface area (Å²) in [5.74, 6) is 0. The van der Waals surface area contributed by atoms with Crippen molar-refractivity contribution in [3.8, 4) is 22.5 Å². The fraction of sp³-hybridized carbons (Fsp3) is 0.105. The quantitative estimate of drug-likeness (QED) is 0.535. The van der Waals surface area contributed by atoms with Gasteiger partial charge in [-0.05, 0) is 13.0 Å². The third kappa shape index (κ3) is 2.36. The van der Waals surface area contributed by atoms with E-state index < -0.39 is 0 Å². The average molecular weight is 335 g/mol. The highest BCUT2D eigenvalue weighted by Crippen LogP contribution is 2.36. The molecule has 118 valence electrons. The van der Waals surface area contributed by atoms with Crippen molar-refractivity contribution in [3.05, 3.63) is 65.2 Å². The molecule has 0 saturated heterocycles. The zero-order chi connectivity index (χ0) is 16.7. The lowest BCUT2D eigenvalue weighted by Gasteiger charge is -2.05. The predicted molar refractivity (Wildman–Crippen MR) is 96.9 cm³/mol. The average Bonchev–Trinajstić information content (AvgIpc) is 2.94. The third-order valence-corrected chi connectivity index (χ3v) is 4.40. The Hall–Kier alpha value is -2.72. The SMILES string of the molecule is Cc1cccc(-c2nn(C)c3nnc(-c4ccccc4)c(Cl)c23)c1. The first-order valence-corrected chi connectivity index (χ1v) is 8.04. The van der Waals surface area contributed by atoms with Gasteiger partial charge < -0.3 is 0 Å². The molecule has 0 atom stereocenters. The third-order valence-electron chi connectivity index (χ3n) is 4.03. The van der Waals surface area contributed by atoms with Crippen molar-refractivity contribution >= 4 is 22.6 Å². The smallest absolute Gasteiger partial charge is 0.182 e.